The topological polar surface area (TPSA) is 35.6 Å². The first-order chi connectivity index (χ1) is 9.78. The van der Waals surface area contributed by atoms with Crippen molar-refractivity contribution in [1.82, 2.24) is 15.1 Å². The highest BCUT2D eigenvalue weighted by molar-refractivity contribution is 5.75. The number of nitrogens with zero attached hydrogens (tertiary/aromatic N) is 2. The lowest BCUT2D eigenvalue weighted by Crippen LogP contribution is -2.52. The van der Waals surface area contributed by atoms with E-state index >= 15 is 0 Å². The van der Waals surface area contributed by atoms with Crippen molar-refractivity contribution < 1.29 is 4.79 Å². The molecule has 4 heteroatoms. The molecule has 1 aliphatic carbocycles. The number of carbonyl (C=O) groups excluding carboxylic acids is 1. The fourth-order valence-electron chi connectivity index (χ4n) is 2.94. The molecule has 2 amide bonds. The van der Waals surface area contributed by atoms with E-state index in [-0.39, 0.29) is 6.03 Å². The molecule has 1 aromatic rings. The average molecular weight is 273 g/mol. The first-order valence-electron chi connectivity index (χ1n) is 7.60. The SMILES string of the molecule is CCN1CCN(C(=O)N[C@@H]2C[C@H]2c2ccccc2)CC1. The van der Waals surface area contributed by atoms with Crippen LogP contribution in [0.3, 0.4) is 0 Å². The zero-order chi connectivity index (χ0) is 13.9. The molecular weight excluding hydrogens is 250 g/mol. The molecule has 1 aliphatic heterocycles. The van der Waals surface area contributed by atoms with Crippen LogP contribution in [-0.4, -0.2) is 54.6 Å². The van der Waals surface area contributed by atoms with E-state index in [2.05, 4.69) is 41.4 Å². The third-order valence-electron chi connectivity index (χ3n) is 4.43. The minimum Gasteiger partial charge on any atom is -0.335 e. The number of likely N-dealkylation sites (N-methyl/N-ethyl adjacent to an activating group) is 1. The summed E-state index contributed by atoms with van der Waals surface area (Å²) in [4.78, 5) is 16.6. The monoisotopic (exact) mass is 273 g/mol. The van der Waals surface area contributed by atoms with Gasteiger partial charge in [0.05, 0.1) is 0 Å². The third kappa shape index (κ3) is 2.96. The second-order valence-electron chi connectivity index (χ2n) is 5.73. The Balaban J connectivity index is 1.47. The van der Waals surface area contributed by atoms with Gasteiger partial charge in [0, 0.05) is 38.1 Å². The molecule has 4 nitrogen and oxygen atoms in total. The molecule has 1 saturated carbocycles. The molecule has 0 unspecified atom stereocenters. The van der Waals surface area contributed by atoms with Crippen LogP contribution in [0.15, 0.2) is 30.3 Å². The van der Waals surface area contributed by atoms with Crippen LogP contribution >= 0.6 is 0 Å². The summed E-state index contributed by atoms with van der Waals surface area (Å²) in [5.74, 6) is 0.511. The number of piperazine rings is 1. The molecule has 0 spiro atoms. The van der Waals surface area contributed by atoms with Crippen LogP contribution in [0.5, 0.6) is 0 Å². The van der Waals surface area contributed by atoms with Crippen molar-refractivity contribution in [2.45, 2.75) is 25.3 Å². The Morgan fingerprint density at radius 1 is 1.20 bits per heavy atom. The van der Waals surface area contributed by atoms with Crippen LogP contribution < -0.4 is 5.32 Å². The van der Waals surface area contributed by atoms with E-state index in [0.717, 1.165) is 39.1 Å². The van der Waals surface area contributed by atoms with Gasteiger partial charge in [-0.2, -0.15) is 0 Å². The Labute approximate surface area is 120 Å². The Morgan fingerprint density at radius 3 is 2.55 bits per heavy atom. The van der Waals surface area contributed by atoms with E-state index in [4.69, 9.17) is 0 Å². The highest BCUT2D eigenvalue weighted by Crippen LogP contribution is 2.40. The number of urea groups is 1. The fourth-order valence-corrected chi connectivity index (χ4v) is 2.94. The zero-order valence-electron chi connectivity index (χ0n) is 12.1. The van der Waals surface area contributed by atoms with Crippen molar-refractivity contribution in [2.24, 2.45) is 0 Å². The summed E-state index contributed by atoms with van der Waals surface area (Å²) in [6, 6.07) is 10.9. The smallest absolute Gasteiger partial charge is 0.317 e. The average Bonchev–Trinajstić information content (AvgIpc) is 3.27. The van der Waals surface area contributed by atoms with Crippen LogP contribution in [0.4, 0.5) is 4.79 Å². The van der Waals surface area contributed by atoms with Crippen LogP contribution in [-0.2, 0) is 0 Å². The molecule has 0 aromatic heterocycles. The van der Waals surface area contributed by atoms with Gasteiger partial charge in [-0.1, -0.05) is 37.3 Å². The van der Waals surface area contributed by atoms with E-state index in [1.54, 1.807) is 0 Å². The molecule has 20 heavy (non-hydrogen) atoms. The first-order valence-corrected chi connectivity index (χ1v) is 7.60. The molecule has 1 N–H and O–H groups in total. The van der Waals surface area contributed by atoms with Crippen molar-refractivity contribution >= 4 is 6.03 Å². The van der Waals surface area contributed by atoms with Gasteiger partial charge in [-0.3, -0.25) is 0 Å². The van der Waals surface area contributed by atoms with Gasteiger partial charge in [0.1, 0.15) is 0 Å². The summed E-state index contributed by atoms with van der Waals surface area (Å²) in [6.45, 7) is 6.94. The van der Waals surface area contributed by atoms with E-state index in [1.807, 2.05) is 11.0 Å². The van der Waals surface area contributed by atoms with Gasteiger partial charge in [-0.05, 0) is 18.5 Å². The van der Waals surface area contributed by atoms with Gasteiger partial charge in [0.25, 0.3) is 0 Å². The summed E-state index contributed by atoms with van der Waals surface area (Å²) in [5, 5.41) is 3.17. The molecule has 2 fully saturated rings. The second-order valence-corrected chi connectivity index (χ2v) is 5.73. The number of hydrogen-bond acceptors (Lipinski definition) is 2. The van der Waals surface area contributed by atoms with Gasteiger partial charge in [0.2, 0.25) is 0 Å². The minimum absolute atomic E-state index is 0.115. The third-order valence-corrected chi connectivity index (χ3v) is 4.43. The minimum atomic E-state index is 0.115. The summed E-state index contributed by atoms with van der Waals surface area (Å²) in [7, 11) is 0. The molecule has 108 valence electrons. The Morgan fingerprint density at radius 2 is 1.90 bits per heavy atom. The van der Waals surface area contributed by atoms with Crippen molar-refractivity contribution in [1.29, 1.82) is 0 Å². The maximum Gasteiger partial charge on any atom is 0.317 e. The molecule has 1 aromatic carbocycles. The molecular formula is C16H23N3O. The van der Waals surface area contributed by atoms with Gasteiger partial charge in [0.15, 0.2) is 0 Å². The molecule has 0 radical (unpaired) electrons. The summed E-state index contributed by atoms with van der Waals surface area (Å²) >= 11 is 0. The van der Waals surface area contributed by atoms with E-state index in [9.17, 15) is 4.79 Å². The molecule has 1 saturated heterocycles. The van der Waals surface area contributed by atoms with Crippen molar-refractivity contribution in [3.63, 3.8) is 0 Å². The van der Waals surface area contributed by atoms with E-state index in [1.165, 1.54) is 5.56 Å². The van der Waals surface area contributed by atoms with Gasteiger partial charge < -0.3 is 15.1 Å². The van der Waals surface area contributed by atoms with Crippen LogP contribution in [0.25, 0.3) is 0 Å². The molecule has 0 bridgehead atoms. The summed E-state index contributed by atoms with van der Waals surface area (Å²) in [6.07, 6.45) is 1.07. The zero-order valence-corrected chi connectivity index (χ0v) is 12.1. The first kappa shape index (κ1) is 13.4. The lowest BCUT2D eigenvalue weighted by molar-refractivity contribution is 0.142. The molecule has 1 heterocycles. The number of nitrogens with one attached hydrogen (secondary N) is 1. The van der Waals surface area contributed by atoms with E-state index in [0.29, 0.717) is 12.0 Å². The fraction of sp³-hybridized carbons (Fsp3) is 0.562. The molecule has 2 aliphatic rings. The van der Waals surface area contributed by atoms with Crippen LogP contribution in [0.1, 0.15) is 24.8 Å². The lowest BCUT2D eigenvalue weighted by Gasteiger charge is -2.34. The number of rotatable bonds is 3. The van der Waals surface area contributed by atoms with Crippen molar-refractivity contribution in [2.75, 3.05) is 32.7 Å². The van der Waals surface area contributed by atoms with Gasteiger partial charge in [-0.15, -0.1) is 0 Å². The normalized spacial score (nSPS) is 26.4. The van der Waals surface area contributed by atoms with Crippen molar-refractivity contribution in [3.8, 4) is 0 Å². The maximum atomic E-state index is 12.2. The standard InChI is InChI=1S/C16H23N3O/c1-2-18-8-10-19(11-9-18)16(20)17-15-12-14(15)13-6-4-3-5-7-13/h3-7,14-15H,2,8-12H2,1H3,(H,17,20)/t14-,15+/m0/s1. The van der Waals surface area contributed by atoms with E-state index < -0.39 is 0 Å². The van der Waals surface area contributed by atoms with Gasteiger partial charge >= 0.3 is 6.03 Å². The highest BCUT2D eigenvalue weighted by atomic mass is 16.2. The predicted octanol–water partition coefficient (Wildman–Crippen LogP) is 1.89. The maximum absolute atomic E-state index is 12.2. The molecule has 2 atom stereocenters. The lowest BCUT2D eigenvalue weighted by atomic mass is 10.1. The second kappa shape index (κ2) is 5.83. The Bertz CT molecular complexity index is 454. The summed E-state index contributed by atoms with van der Waals surface area (Å²) < 4.78 is 0. The van der Waals surface area contributed by atoms with Gasteiger partial charge in [-0.25, -0.2) is 4.79 Å². The number of benzene rings is 1. The van der Waals surface area contributed by atoms with Crippen LogP contribution in [0.2, 0.25) is 0 Å². The number of amides is 2. The number of carbonyl (C=O) groups is 1. The van der Waals surface area contributed by atoms with Crippen molar-refractivity contribution in [3.05, 3.63) is 35.9 Å². The quantitative estimate of drug-likeness (QED) is 0.913. The molecule has 3 rings (SSSR count). The predicted molar refractivity (Wildman–Crippen MR) is 79.8 cm³/mol. The Hall–Kier alpha value is -1.55. The summed E-state index contributed by atoms with van der Waals surface area (Å²) in [5.41, 5.74) is 1.34. The Kier molecular flexibility index (Phi) is 3.92. The highest BCUT2D eigenvalue weighted by Gasteiger charge is 2.40. The van der Waals surface area contributed by atoms with Crippen LogP contribution in [0, 0.1) is 0 Å². The number of hydrogen-bond donors (Lipinski definition) is 1. The largest absolute Gasteiger partial charge is 0.335 e.